The molecule has 1 fully saturated rings. The van der Waals surface area contributed by atoms with E-state index in [1.54, 1.807) is 35.6 Å². The van der Waals surface area contributed by atoms with Crippen LogP contribution in [0.5, 0.6) is 0 Å². The van der Waals surface area contributed by atoms with Crippen molar-refractivity contribution in [3.63, 3.8) is 0 Å². The summed E-state index contributed by atoms with van der Waals surface area (Å²) in [6.07, 6.45) is 1.46. The van der Waals surface area contributed by atoms with Gasteiger partial charge in [-0.1, -0.05) is 12.1 Å². The second-order valence-corrected chi connectivity index (χ2v) is 8.36. The summed E-state index contributed by atoms with van der Waals surface area (Å²) in [5.74, 6) is -0.00580. The number of rotatable bonds is 3. The first-order chi connectivity index (χ1) is 12.3. The first-order valence-corrected chi connectivity index (χ1v) is 9.66. The molecule has 138 valence electrons. The highest BCUT2D eigenvalue weighted by atomic mass is 32.1. The lowest BCUT2D eigenvalue weighted by Crippen LogP contribution is -2.30. The van der Waals surface area contributed by atoms with Gasteiger partial charge in [0.15, 0.2) is 0 Å². The summed E-state index contributed by atoms with van der Waals surface area (Å²) in [7, 11) is 0. The van der Waals surface area contributed by atoms with E-state index in [0.29, 0.717) is 11.3 Å². The Morgan fingerprint density at radius 1 is 1.23 bits per heavy atom. The number of thiophene rings is 1. The second kappa shape index (κ2) is 7.50. The molecule has 1 aliphatic rings. The first kappa shape index (κ1) is 18.5. The van der Waals surface area contributed by atoms with Crippen LogP contribution in [0.15, 0.2) is 41.8 Å². The van der Waals surface area contributed by atoms with Gasteiger partial charge >= 0.3 is 6.09 Å². The van der Waals surface area contributed by atoms with Crippen LogP contribution in [0.1, 0.15) is 54.9 Å². The maximum Gasteiger partial charge on any atom is 0.412 e. The van der Waals surface area contributed by atoms with Crippen molar-refractivity contribution in [1.29, 1.82) is 0 Å². The van der Waals surface area contributed by atoms with Gasteiger partial charge in [0.05, 0.1) is 6.04 Å². The monoisotopic (exact) mass is 372 g/mol. The normalized spacial score (nSPS) is 17.2. The first-order valence-electron chi connectivity index (χ1n) is 8.78. The lowest BCUT2D eigenvalue weighted by Gasteiger charge is -2.24. The molecule has 1 atom stereocenters. The fraction of sp³-hybridized carbons (Fsp3) is 0.400. The largest absolute Gasteiger partial charge is 0.444 e. The molecule has 1 aromatic carbocycles. The van der Waals surface area contributed by atoms with Crippen molar-refractivity contribution < 1.29 is 14.3 Å². The Kier molecular flexibility index (Phi) is 5.32. The van der Waals surface area contributed by atoms with Crippen molar-refractivity contribution in [3.05, 3.63) is 52.2 Å². The van der Waals surface area contributed by atoms with Gasteiger partial charge < -0.3 is 9.64 Å². The topological polar surface area (TPSA) is 58.6 Å². The molecule has 1 N–H and O–H groups in total. The highest BCUT2D eigenvalue weighted by Crippen LogP contribution is 2.35. The molecule has 1 aromatic heterocycles. The molecule has 0 bridgehead atoms. The molecule has 6 heteroatoms. The van der Waals surface area contributed by atoms with Gasteiger partial charge in [-0.15, -0.1) is 11.3 Å². The number of anilines is 1. The average Bonchev–Trinajstić information content (AvgIpc) is 3.23. The van der Waals surface area contributed by atoms with Gasteiger partial charge in [-0.2, -0.15) is 0 Å². The van der Waals surface area contributed by atoms with Crippen molar-refractivity contribution in [2.75, 3.05) is 11.9 Å². The van der Waals surface area contributed by atoms with Gasteiger partial charge in [-0.3, -0.25) is 10.1 Å². The minimum absolute atomic E-state index is 0.00580. The maximum atomic E-state index is 13.0. The molecule has 5 nitrogen and oxygen atoms in total. The number of benzene rings is 1. The highest BCUT2D eigenvalue weighted by Gasteiger charge is 2.31. The minimum atomic E-state index is -0.568. The number of carbonyl (C=O) groups excluding carboxylic acids is 2. The zero-order valence-electron chi connectivity index (χ0n) is 15.3. The molecule has 3 rings (SSSR count). The summed E-state index contributed by atoms with van der Waals surface area (Å²) in [6.45, 7) is 6.19. The van der Waals surface area contributed by atoms with Crippen LogP contribution in [0.25, 0.3) is 0 Å². The molecule has 2 amide bonds. The molecule has 0 saturated carbocycles. The third kappa shape index (κ3) is 4.43. The number of hydrogen-bond acceptors (Lipinski definition) is 4. The number of ether oxygens (including phenoxy) is 1. The standard InChI is InChI=1S/C20H24N2O3S/c1-20(2,3)25-19(24)21-15-8-4-7-14(13-15)18(23)22-11-5-9-16(22)17-10-6-12-26-17/h4,6-8,10,12-13,16H,5,9,11H2,1-3H3,(H,21,24). The summed E-state index contributed by atoms with van der Waals surface area (Å²) in [6, 6.07) is 11.3. The van der Waals surface area contributed by atoms with Gasteiger partial charge in [-0.05, 0) is 63.3 Å². The van der Waals surface area contributed by atoms with Crippen LogP contribution in [-0.4, -0.2) is 29.0 Å². The quantitative estimate of drug-likeness (QED) is 0.818. The van der Waals surface area contributed by atoms with E-state index in [2.05, 4.69) is 11.4 Å². The lowest BCUT2D eigenvalue weighted by molar-refractivity contribution is 0.0634. The van der Waals surface area contributed by atoms with E-state index in [1.165, 1.54) is 4.88 Å². The Hall–Kier alpha value is -2.34. The van der Waals surface area contributed by atoms with Crippen molar-refractivity contribution in [1.82, 2.24) is 4.90 Å². The van der Waals surface area contributed by atoms with Gasteiger partial charge in [-0.25, -0.2) is 4.79 Å². The van der Waals surface area contributed by atoms with E-state index in [-0.39, 0.29) is 11.9 Å². The van der Waals surface area contributed by atoms with Crippen LogP contribution in [0.4, 0.5) is 10.5 Å². The summed E-state index contributed by atoms with van der Waals surface area (Å²) in [4.78, 5) is 28.1. The molecular formula is C20H24N2O3S. The fourth-order valence-electron chi connectivity index (χ4n) is 3.10. The third-order valence-electron chi connectivity index (χ3n) is 4.14. The summed E-state index contributed by atoms with van der Waals surface area (Å²) in [5.41, 5.74) is 0.556. The Balaban J connectivity index is 1.73. The van der Waals surface area contributed by atoms with Crippen molar-refractivity contribution in [3.8, 4) is 0 Å². The molecule has 2 aromatic rings. The van der Waals surface area contributed by atoms with E-state index in [0.717, 1.165) is 19.4 Å². The molecule has 26 heavy (non-hydrogen) atoms. The van der Waals surface area contributed by atoms with Gasteiger partial charge in [0.2, 0.25) is 0 Å². The van der Waals surface area contributed by atoms with E-state index in [9.17, 15) is 9.59 Å². The molecular weight excluding hydrogens is 348 g/mol. The minimum Gasteiger partial charge on any atom is -0.444 e. The predicted octanol–water partition coefficient (Wildman–Crippen LogP) is 5.07. The Bertz CT molecular complexity index is 781. The van der Waals surface area contributed by atoms with Gasteiger partial charge in [0.1, 0.15) is 5.60 Å². The Labute approximate surface area is 158 Å². The van der Waals surface area contributed by atoms with Crippen molar-refractivity contribution in [2.45, 2.75) is 45.3 Å². The summed E-state index contributed by atoms with van der Waals surface area (Å²) < 4.78 is 5.26. The van der Waals surface area contributed by atoms with E-state index >= 15 is 0 Å². The number of nitrogens with one attached hydrogen (secondary N) is 1. The van der Waals surface area contributed by atoms with Crippen molar-refractivity contribution in [2.24, 2.45) is 0 Å². The smallest absolute Gasteiger partial charge is 0.412 e. The fourth-order valence-corrected chi connectivity index (χ4v) is 3.98. The molecule has 0 radical (unpaired) electrons. The van der Waals surface area contributed by atoms with E-state index < -0.39 is 11.7 Å². The second-order valence-electron chi connectivity index (χ2n) is 7.38. The number of carbonyl (C=O) groups is 2. The van der Waals surface area contributed by atoms with Crippen LogP contribution in [0.3, 0.4) is 0 Å². The van der Waals surface area contributed by atoms with Crippen LogP contribution < -0.4 is 5.32 Å². The lowest BCUT2D eigenvalue weighted by atomic mass is 10.1. The summed E-state index contributed by atoms with van der Waals surface area (Å²) >= 11 is 1.69. The van der Waals surface area contributed by atoms with Crippen LogP contribution in [0, 0.1) is 0 Å². The zero-order chi connectivity index (χ0) is 18.7. The van der Waals surface area contributed by atoms with Crippen LogP contribution >= 0.6 is 11.3 Å². The molecule has 2 heterocycles. The number of likely N-dealkylation sites (tertiary alicyclic amines) is 1. The molecule has 1 saturated heterocycles. The third-order valence-corrected chi connectivity index (χ3v) is 5.11. The van der Waals surface area contributed by atoms with Gasteiger partial charge in [0, 0.05) is 22.7 Å². The SMILES string of the molecule is CC(C)(C)OC(=O)Nc1cccc(C(=O)N2CCCC2c2cccs2)c1. The van der Waals surface area contributed by atoms with Gasteiger partial charge in [0.25, 0.3) is 5.91 Å². The molecule has 0 aliphatic carbocycles. The average molecular weight is 372 g/mol. The molecule has 1 unspecified atom stereocenters. The number of amides is 2. The van der Waals surface area contributed by atoms with Crippen molar-refractivity contribution >= 4 is 29.0 Å². The van der Waals surface area contributed by atoms with E-state index in [4.69, 9.17) is 4.74 Å². The molecule has 1 aliphatic heterocycles. The Morgan fingerprint density at radius 2 is 2.04 bits per heavy atom. The zero-order valence-corrected chi connectivity index (χ0v) is 16.1. The Morgan fingerprint density at radius 3 is 2.73 bits per heavy atom. The van der Waals surface area contributed by atoms with Crippen LogP contribution in [-0.2, 0) is 4.74 Å². The number of nitrogens with zero attached hydrogens (tertiary/aromatic N) is 1. The molecule has 0 spiro atoms. The number of hydrogen-bond donors (Lipinski definition) is 1. The highest BCUT2D eigenvalue weighted by molar-refractivity contribution is 7.10. The predicted molar refractivity (Wildman–Crippen MR) is 104 cm³/mol. The van der Waals surface area contributed by atoms with Crippen LogP contribution in [0.2, 0.25) is 0 Å². The van der Waals surface area contributed by atoms with E-state index in [1.807, 2.05) is 37.1 Å². The maximum absolute atomic E-state index is 13.0. The summed E-state index contributed by atoms with van der Waals surface area (Å²) in [5, 5.41) is 4.74.